The quantitative estimate of drug-likeness (QED) is 0.785. The first-order chi connectivity index (χ1) is 8.99. The van der Waals surface area contributed by atoms with E-state index in [0.717, 1.165) is 15.7 Å². The predicted octanol–water partition coefficient (Wildman–Crippen LogP) is 5.24. The summed E-state index contributed by atoms with van der Waals surface area (Å²) in [5.74, 6) is 1.15. The van der Waals surface area contributed by atoms with Gasteiger partial charge in [0.2, 0.25) is 0 Å². The van der Waals surface area contributed by atoms with E-state index in [4.69, 9.17) is 23.2 Å². The molecule has 1 heterocycles. The second-order valence-electron chi connectivity index (χ2n) is 4.04. The fourth-order valence-corrected chi connectivity index (χ4v) is 2.78. The highest BCUT2D eigenvalue weighted by Gasteiger charge is 2.09. The molecule has 0 unspecified atom stereocenters. The van der Waals surface area contributed by atoms with Gasteiger partial charge in [0.25, 0.3) is 0 Å². The summed E-state index contributed by atoms with van der Waals surface area (Å²) in [5, 5.41) is 7.07. The standard InChI is InChI=1S/C13H12BrCl2N3/c1-7-3-8(14)5-9(4-7)18-13-11(16)6-10(15)12(17-2)19-13/h3-6H,1-2H3,(H2,17,18,19). The molecule has 19 heavy (non-hydrogen) atoms. The Hall–Kier alpha value is -0.970. The number of anilines is 3. The zero-order valence-electron chi connectivity index (χ0n) is 10.4. The SMILES string of the molecule is CNc1nc(Nc2cc(C)cc(Br)c2)c(Cl)cc1Cl. The minimum absolute atomic E-state index is 0.474. The highest BCUT2D eigenvalue weighted by atomic mass is 79.9. The molecule has 0 saturated carbocycles. The number of nitrogens with zero attached hydrogens (tertiary/aromatic N) is 1. The lowest BCUT2D eigenvalue weighted by Crippen LogP contribution is -2.00. The normalized spacial score (nSPS) is 10.4. The van der Waals surface area contributed by atoms with Crippen molar-refractivity contribution in [3.05, 3.63) is 44.3 Å². The summed E-state index contributed by atoms with van der Waals surface area (Å²) in [5.41, 5.74) is 2.04. The fourth-order valence-electron chi connectivity index (χ4n) is 1.67. The summed E-state index contributed by atoms with van der Waals surface area (Å²) in [7, 11) is 1.76. The van der Waals surface area contributed by atoms with Gasteiger partial charge in [-0.3, -0.25) is 0 Å². The molecule has 1 aromatic heterocycles. The first-order valence-corrected chi connectivity index (χ1v) is 7.12. The van der Waals surface area contributed by atoms with Gasteiger partial charge in [-0.2, -0.15) is 0 Å². The molecule has 2 N–H and O–H groups in total. The van der Waals surface area contributed by atoms with Crippen molar-refractivity contribution >= 4 is 56.5 Å². The number of hydrogen-bond donors (Lipinski definition) is 2. The van der Waals surface area contributed by atoms with E-state index in [1.807, 2.05) is 25.1 Å². The molecule has 0 amide bonds. The Morgan fingerprint density at radius 3 is 2.37 bits per heavy atom. The Kier molecular flexibility index (Phi) is 4.55. The molecule has 0 aliphatic heterocycles. The maximum absolute atomic E-state index is 6.14. The molecule has 0 saturated heterocycles. The van der Waals surface area contributed by atoms with E-state index >= 15 is 0 Å². The van der Waals surface area contributed by atoms with Gasteiger partial charge in [0.05, 0.1) is 10.0 Å². The molecule has 1 aromatic carbocycles. The number of aromatic nitrogens is 1. The van der Waals surface area contributed by atoms with Crippen LogP contribution in [-0.2, 0) is 0 Å². The van der Waals surface area contributed by atoms with Crippen LogP contribution in [0.5, 0.6) is 0 Å². The third kappa shape index (κ3) is 3.53. The molecule has 0 aliphatic rings. The first kappa shape index (κ1) is 14.4. The highest BCUT2D eigenvalue weighted by Crippen LogP contribution is 2.31. The highest BCUT2D eigenvalue weighted by molar-refractivity contribution is 9.10. The van der Waals surface area contributed by atoms with Crippen molar-refractivity contribution in [2.24, 2.45) is 0 Å². The van der Waals surface area contributed by atoms with Gasteiger partial charge in [-0.25, -0.2) is 4.98 Å². The largest absolute Gasteiger partial charge is 0.372 e. The average molecular weight is 361 g/mol. The van der Waals surface area contributed by atoms with E-state index in [1.54, 1.807) is 13.1 Å². The van der Waals surface area contributed by atoms with Gasteiger partial charge in [-0.1, -0.05) is 39.1 Å². The fraction of sp³-hybridized carbons (Fsp3) is 0.154. The molecule has 0 spiro atoms. The van der Waals surface area contributed by atoms with Gasteiger partial charge >= 0.3 is 0 Å². The molecule has 6 heteroatoms. The van der Waals surface area contributed by atoms with Crippen molar-refractivity contribution in [2.75, 3.05) is 17.7 Å². The van der Waals surface area contributed by atoms with Crippen molar-refractivity contribution < 1.29 is 0 Å². The maximum atomic E-state index is 6.14. The summed E-state index contributed by atoms with van der Waals surface area (Å²) in [6.07, 6.45) is 0. The van der Waals surface area contributed by atoms with E-state index in [-0.39, 0.29) is 0 Å². The van der Waals surface area contributed by atoms with Crippen LogP contribution in [0.25, 0.3) is 0 Å². The molecular formula is C13H12BrCl2N3. The Morgan fingerprint density at radius 2 is 1.74 bits per heavy atom. The molecule has 0 aliphatic carbocycles. The second kappa shape index (κ2) is 5.99. The Bertz CT molecular complexity index is 597. The zero-order valence-corrected chi connectivity index (χ0v) is 13.5. The number of aryl methyl sites for hydroxylation is 1. The Balaban J connectivity index is 2.37. The van der Waals surface area contributed by atoms with Gasteiger partial charge in [0.1, 0.15) is 5.82 Å². The van der Waals surface area contributed by atoms with Crippen molar-refractivity contribution in [2.45, 2.75) is 6.92 Å². The van der Waals surface area contributed by atoms with Crippen LogP contribution < -0.4 is 10.6 Å². The lowest BCUT2D eigenvalue weighted by Gasteiger charge is -2.11. The summed E-state index contributed by atoms with van der Waals surface area (Å²) in [6.45, 7) is 2.02. The smallest absolute Gasteiger partial charge is 0.151 e. The topological polar surface area (TPSA) is 37.0 Å². The number of halogens is 3. The van der Waals surface area contributed by atoms with Gasteiger partial charge in [0, 0.05) is 17.2 Å². The lowest BCUT2D eigenvalue weighted by atomic mass is 10.2. The minimum Gasteiger partial charge on any atom is -0.372 e. The van der Waals surface area contributed by atoms with E-state index in [0.29, 0.717) is 21.7 Å². The summed E-state index contributed by atoms with van der Waals surface area (Å²) in [6, 6.07) is 7.66. The van der Waals surface area contributed by atoms with Gasteiger partial charge < -0.3 is 10.6 Å². The lowest BCUT2D eigenvalue weighted by molar-refractivity contribution is 1.27. The van der Waals surface area contributed by atoms with Crippen molar-refractivity contribution in [3.63, 3.8) is 0 Å². The molecule has 3 nitrogen and oxygen atoms in total. The van der Waals surface area contributed by atoms with Crippen LogP contribution in [-0.4, -0.2) is 12.0 Å². The predicted molar refractivity (Wildman–Crippen MR) is 86.0 cm³/mol. The van der Waals surface area contributed by atoms with Crippen LogP contribution in [0.2, 0.25) is 10.0 Å². The molecule has 2 rings (SSSR count). The van der Waals surface area contributed by atoms with Crippen LogP contribution in [0.1, 0.15) is 5.56 Å². The monoisotopic (exact) mass is 359 g/mol. The first-order valence-electron chi connectivity index (χ1n) is 5.57. The number of hydrogen-bond acceptors (Lipinski definition) is 3. The second-order valence-corrected chi connectivity index (χ2v) is 5.77. The summed E-state index contributed by atoms with van der Waals surface area (Å²) < 4.78 is 0.994. The van der Waals surface area contributed by atoms with E-state index in [2.05, 4.69) is 31.5 Å². The third-order valence-electron chi connectivity index (χ3n) is 2.47. The number of rotatable bonds is 3. The van der Waals surface area contributed by atoms with Gasteiger partial charge in [-0.05, 0) is 36.8 Å². The summed E-state index contributed by atoms with van der Waals surface area (Å²) in [4.78, 5) is 4.34. The van der Waals surface area contributed by atoms with Crippen molar-refractivity contribution in [1.82, 2.24) is 4.98 Å². The van der Waals surface area contributed by atoms with Crippen LogP contribution in [0.3, 0.4) is 0 Å². The van der Waals surface area contributed by atoms with Gasteiger partial charge in [-0.15, -0.1) is 0 Å². The van der Waals surface area contributed by atoms with Crippen LogP contribution in [0, 0.1) is 6.92 Å². The number of benzene rings is 1. The maximum Gasteiger partial charge on any atom is 0.151 e. The summed E-state index contributed by atoms with van der Waals surface area (Å²) >= 11 is 15.6. The zero-order chi connectivity index (χ0) is 14.0. The average Bonchev–Trinajstić information content (AvgIpc) is 2.31. The van der Waals surface area contributed by atoms with E-state index in [1.165, 1.54) is 0 Å². The molecule has 0 radical (unpaired) electrons. The molecule has 0 fully saturated rings. The van der Waals surface area contributed by atoms with Crippen molar-refractivity contribution in [3.8, 4) is 0 Å². The Morgan fingerprint density at radius 1 is 1.05 bits per heavy atom. The third-order valence-corrected chi connectivity index (χ3v) is 3.51. The van der Waals surface area contributed by atoms with E-state index in [9.17, 15) is 0 Å². The molecule has 2 aromatic rings. The molecule has 100 valence electrons. The van der Waals surface area contributed by atoms with Crippen LogP contribution in [0.4, 0.5) is 17.3 Å². The minimum atomic E-state index is 0.474. The molecule has 0 bridgehead atoms. The van der Waals surface area contributed by atoms with Crippen molar-refractivity contribution in [1.29, 1.82) is 0 Å². The number of pyridine rings is 1. The van der Waals surface area contributed by atoms with Crippen LogP contribution in [0.15, 0.2) is 28.7 Å². The van der Waals surface area contributed by atoms with Crippen LogP contribution >= 0.6 is 39.1 Å². The molecular weight excluding hydrogens is 349 g/mol. The Labute approximate surface area is 130 Å². The van der Waals surface area contributed by atoms with Gasteiger partial charge in [0.15, 0.2) is 5.82 Å². The van der Waals surface area contributed by atoms with E-state index < -0.39 is 0 Å². The number of nitrogens with one attached hydrogen (secondary N) is 2. The molecule has 0 atom stereocenters.